The van der Waals surface area contributed by atoms with Gasteiger partial charge < -0.3 is 5.32 Å². The number of benzene rings is 4. The predicted molar refractivity (Wildman–Crippen MR) is 146 cm³/mol. The molecule has 4 aromatic carbocycles. The Morgan fingerprint density at radius 2 is 1.63 bits per heavy atom. The Labute approximate surface area is 218 Å². The molecule has 0 aliphatic carbocycles. The summed E-state index contributed by atoms with van der Waals surface area (Å²) < 4.78 is 0. The normalized spacial score (nSPS) is 14.9. The summed E-state index contributed by atoms with van der Waals surface area (Å²) in [5, 5.41) is 23.9. The van der Waals surface area contributed by atoms with Crippen LogP contribution in [0.3, 0.4) is 0 Å². The zero-order chi connectivity index (χ0) is 26.5. The summed E-state index contributed by atoms with van der Waals surface area (Å²) in [7, 11) is 0. The number of amidine groups is 1. The Morgan fingerprint density at radius 3 is 2.29 bits per heavy atom. The molecule has 0 bridgehead atoms. The first-order valence-electron chi connectivity index (χ1n) is 11.8. The van der Waals surface area contributed by atoms with Gasteiger partial charge in [0.1, 0.15) is 0 Å². The van der Waals surface area contributed by atoms with Crippen LogP contribution in [0.5, 0.6) is 0 Å². The second kappa shape index (κ2) is 10.8. The van der Waals surface area contributed by atoms with E-state index in [1.54, 1.807) is 18.2 Å². The number of carbonyl (C=O) groups excluding carboxylic acids is 1. The van der Waals surface area contributed by atoms with Crippen molar-refractivity contribution in [3.8, 4) is 0 Å². The highest BCUT2D eigenvalue weighted by Crippen LogP contribution is 2.27. The molecule has 4 aromatic rings. The topological polar surface area (TPSA) is 125 Å². The van der Waals surface area contributed by atoms with Crippen LogP contribution >= 0.6 is 0 Å². The summed E-state index contributed by atoms with van der Waals surface area (Å²) >= 11 is 0. The number of para-hydroxylation sites is 1. The van der Waals surface area contributed by atoms with Gasteiger partial charge in [0.05, 0.1) is 22.0 Å². The maximum Gasteiger partial charge on any atom is 0.269 e. The minimum absolute atomic E-state index is 0.0101. The average Bonchev–Trinajstić information content (AvgIpc) is 3.40. The lowest BCUT2D eigenvalue weighted by molar-refractivity contribution is -0.384. The summed E-state index contributed by atoms with van der Waals surface area (Å²) in [6.45, 7) is 1.86. The van der Waals surface area contributed by atoms with Crippen molar-refractivity contribution >= 4 is 40.2 Å². The third kappa shape index (κ3) is 5.45. The number of hydrogen-bond donors (Lipinski definition) is 2. The predicted octanol–water partition coefficient (Wildman–Crippen LogP) is 6.05. The van der Waals surface area contributed by atoms with Crippen molar-refractivity contribution in [1.82, 2.24) is 5.43 Å². The van der Waals surface area contributed by atoms with E-state index >= 15 is 0 Å². The number of nitro groups is 1. The van der Waals surface area contributed by atoms with Gasteiger partial charge in [-0.15, -0.1) is 0 Å². The number of amides is 1. The van der Waals surface area contributed by atoms with Gasteiger partial charge in [0, 0.05) is 23.4 Å². The molecule has 1 heterocycles. The number of anilines is 2. The van der Waals surface area contributed by atoms with Crippen molar-refractivity contribution in [3.05, 3.63) is 124 Å². The third-order valence-electron chi connectivity index (χ3n) is 5.81. The first kappa shape index (κ1) is 24.5. The smallest absolute Gasteiger partial charge is 0.269 e. The van der Waals surface area contributed by atoms with E-state index in [0.717, 1.165) is 16.8 Å². The molecule has 2 N–H and O–H groups in total. The molecular weight excluding hydrogens is 482 g/mol. The van der Waals surface area contributed by atoms with E-state index in [1.807, 2.05) is 72.6 Å². The van der Waals surface area contributed by atoms with Crippen LogP contribution in [0.2, 0.25) is 0 Å². The first-order chi connectivity index (χ1) is 18.5. The summed E-state index contributed by atoms with van der Waals surface area (Å²) in [4.78, 5) is 28.2. The fourth-order valence-corrected chi connectivity index (χ4v) is 3.88. The first-order valence-corrected chi connectivity index (χ1v) is 11.8. The van der Waals surface area contributed by atoms with E-state index in [1.165, 1.54) is 24.3 Å². The SMILES string of the molecule is Cc1cc(NC(=O)C2N=C(c3ccccc3)N(c3ccccc3)N2)ccc1N=Nc1ccc([N+](=O)[O-])cc1. The number of non-ortho nitro benzene ring substituents is 1. The van der Waals surface area contributed by atoms with E-state index < -0.39 is 11.1 Å². The van der Waals surface area contributed by atoms with Gasteiger partial charge in [0.2, 0.25) is 0 Å². The Bertz CT molecular complexity index is 1520. The number of nitrogens with zero attached hydrogens (tertiary/aromatic N) is 5. The number of rotatable bonds is 7. The zero-order valence-electron chi connectivity index (χ0n) is 20.4. The number of aliphatic imine (C=N–C) groups is 1. The molecule has 0 saturated carbocycles. The quantitative estimate of drug-likeness (QED) is 0.180. The molecule has 0 spiro atoms. The number of hydrazine groups is 1. The minimum Gasteiger partial charge on any atom is -0.323 e. The second-order valence-electron chi connectivity index (χ2n) is 8.49. The van der Waals surface area contributed by atoms with Crippen LogP contribution in [0.4, 0.5) is 28.4 Å². The maximum atomic E-state index is 13.2. The summed E-state index contributed by atoms with van der Waals surface area (Å²) in [6, 6.07) is 30.5. The monoisotopic (exact) mass is 505 g/mol. The van der Waals surface area contributed by atoms with Crippen molar-refractivity contribution < 1.29 is 9.72 Å². The molecule has 188 valence electrons. The van der Waals surface area contributed by atoms with Crippen LogP contribution in [0.15, 0.2) is 118 Å². The zero-order valence-corrected chi connectivity index (χ0v) is 20.4. The lowest BCUT2D eigenvalue weighted by Gasteiger charge is -2.21. The number of nitro benzene ring substituents is 1. The molecule has 10 heteroatoms. The van der Waals surface area contributed by atoms with Crippen LogP contribution in [0.1, 0.15) is 11.1 Å². The number of carbonyl (C=O) groups is 1. The highest BCUT2D eigenvalue weighted by Gasteiger charge is 2.31. The van der Waals surface area contributed by atoms with Gasteiger partial charge in [-0.25, -0.2) is 4.99 Å². The summed E-state index contributed by atoms with van der Waals surface area (Å²) in [6.07, 6.45) is -0.827. The number of azo groups is 1. The van der Waals surface area contributed by atoms with Gasteiger partial charge in [-0.2, -0.15) is 15.7 Å². The second-order valence-corrected chi connectivity index (χ2v) is 8.49. The molecule has 1 aliphatic heterocycles. The molecule has 1 amide bonds. The molecular formula is C28H23N7O3. The fraction of sp³-hybridized carbons (Fsp3) is 0.0714. The van der Waals surface area contributed by atoms with Gasteiger partial charge in [0.25, 0.3) is 11.6 Å². The fourth-order valence-electron chi connectivity index (χ4n) is 3.88. The Morgan fingerprint density at radius 1 is 0.947 bits per heavy atom. The van der Waals surface area contributed by atoms with Gasteiger partial charge in [-0.1, -0.05) is 48.5 Å². The van der Waals surface area contributed by atoms with E-state index in [9.17, 15) is 14.9 Å². The molecule has 10 nitrogen and oxygen atoms in total. The highest BCUT2D eigenvalue weighted by molar-refractivity contribution is 6.13. The van der Waals surface area contributed by atoms with E-state index in [0.29, 0.717) is 22.9 Å². The lowest BCUT2D eigenvalue weighted by atomic mass is 10.2. The van der Waals surface area contributed by atoms with E-state index in [2.05, 4.69) is 26.0 Å². The number of nitrogens with one attached hydrogen (secondary N) is 2. The molecule has 0 aromatic heterocycles. The van der Waals surface area contributed by atoms with Crippen molar-refractivity contribution in [2.75, 3.05) is 10.3 Å². The Balaban J connectivity index is 1.30. The van der Waals surface area contributed by atoms with E-state index in [-0.39, 0.29) is 11.6 Å². The van der Waals surface area contributed by atoms with Gasteiger partial charge in [-0.05, 0) is 55.0 Å². The van der Waals surface area contributed by atoms with E-state index in [4.69, 9.17) is 0 Å². The van der Waals surface area contributed by atoms with Gasteiger partial charge in [0.15, 0.2) is 12.0 Å². The van der Waals surface area contributed by atoms with Gasteiger partial charge in [-0.3, -0.25) is 19.9 Å². The lowest BCUT2D eigenvalue weighted by Crippen LogP contribution is -2.45. The number of hydrogen-bond acceptors (Lipinski definition) is 8. The molecule has 1 aliphatic rings. The van der Waals surface area contributed by atoms with Crippen LogP contribution in [-0.4, -0.2) is 22.8 Å². The summed E-state index contributed by atoms with van der Waals surface area (Å²) in [5.41, 5.74) is 7.43. The van der Waals surface area contributed by atoms with Crippen LogP contribution < -0.4 is 15.8 Å². The number of aryl methyl sites for hydroxylation is 1. The van der Waals surface area contributed by atoms with Gasteiger partial charge >= 0.3 is 0 Å². The van der Waals surface area contributed by atoms with Crippen molar-refractivity contribution in [2.24, 2.45) is 15.2 Å². The largest absolute Gasteiger partial charge is 0.323 e. The molecule has 1 atom stereocenters. The molecule has 0 saturated heterocycles. The van der Waals surface area contributed by atoms with Crippen LogP contribution in [-0.2, 0) is 4.79 Å². The Kier molecular flexibility index (Phi) is 6.96. The average molecular weight is 506 g/mol. The minimum atomic E-state index is -0.827. The Hall–Kier alpha value is -5.22. The molecule has 0 radical (unpaired) electrons. The molecule has 0 fully saturated rings. The molecule has 1 unspecified atom stereocenters. The van der Waals surface area contributed by atoms with Crippen molar-refractivity contribution in [3.63, 3.8) is 0 Å². The van der Waals surface area contributed by atoms with Crippen molar-refractivity contribution in [1.29, 1.82) is 0 Å². The molecule has 38 heavy (non-hydrogen) atoms. The summed E-state index contributed by atoms with van der Waals surface area (Å²) in [5.74, 6) is 0.339. The van der Waals surface area contributed by atoms with Crippen LogP contribution in [0, 0.1) is 17.0 Å². The third-order valence-corrected chi connectivity index (χ3v) is 5.81. The van der Waals surface area contributed by atoms with Crippen molar-refractivity contribution in [2.45, 2.75) is 13.1 Å². The highest BCUT2D eigenvalue weighted by atomic mass is 16.6. The maximum absolute atomic E-state index is 13.2. The standard InChI is InChI=1S/C28H23N7O3/c1-19-18-22(14-17-25(19)32-31-21-12-15-24(16-13-21)35(37)38)29-28(36)26-30-27(20-8-4-2-5-9-20)34(33-26)23-10-6-3-7-11-23/h2-18,26,33H,1H3,(H,29,36). The molecule has 5 rings (SSSR count). The van der Waals surface area contributed by atoms with Crippen LogP contribution in [0.25, 0.3) is 0 Å².